The third-order valence-corrected chi connectivity index (χ3v) is 3.00. The quantitative estimate of drug-likeness (QED) is 0.582. The lowest BCUT2D eigenvalue weighted by molar-refractivity contribution is -0.384. The summed E-state index contributed by atoms with van der Waals surface area (Å²) < 4.78 is 37.7. The van der Waals surface area contributed by atoms with Gasteiger partial charge in [0, 0.05) is 31.9 Å². The molecule has 1 aromatic carbocycles. The van der Waals surface area contributed by atoms with Crippen LogP contribution in [0.25, 0.3) is 0 Å². The first-order valence-electron chi connectivity index (χ1n) is 6.72. The lowest BCUT2D eigenvalue weighted by atomic mass is 10.1. The Bertz CT molecular complexity index is 615. The molecule has 1 N–H and O–H groups in total. The number of hydrogen-bond acceptors (Lipinski definition) is 5. The van der Waals surface area contributed by atoms with Gasteiger partial charge in [0.2, 0.25) is 0 Å². The van der Waals surface area contributed by atoms with Crippen LogP contribution < -0.4 is 5.32 Å². The number of anilines is 1. The molecule has 0 radical (unpaired) electrons. The maximum atomic E-state index is 12.6. The van der Waals surface area contributed by atoms with Crippen LogP contribution in [0.1, 0.15) is 31.7 Å². The van der Waals surface area contributed by atoms with Crippen LogP contribution in [-0.4, -0.2) is 23.0 Å². The van der Waals surface area contributed by atoms with Gasteiger partial charge in [0.15, 0.2) is 0 Å². The summed E-state index contributed by atoms with van der Waals surface area (Å²) >= 11 is 0. The molecule has 126 valence electrons. The van der Waals surface area contributed by atoms with E-state index in [-0.39, 0.29) is 43.1 Å². The number of ketones is 2. The number of halogens is 3. The van der Waals surface area contributed by atoms with Gasteiger partial charge in [-0.25, -0.2) is 0 Å². The number of nitro groups is 1. The molecule has 23 heavy (non-hydrogen) atoms. The van der Waals surface area contributed by atoms with E-state index in [4.69, 9.17) is 0 Å². The first kappa shape index (κ1) is 18.6. The van der Waals surface area contributed by atoms with E-state index >= 15 is 0 Å². The Kier molecular flexibility index (Phi) is 6.23. The van der Waals surface area contributed by atoms with Crippen molar-refractivity contribution in [3.05, 3.63) is 33.9 Å². The third-order valence-electron chi connectivity index (χ3n) is 3.00. The van der Waals surface area contributed by atoms with Gasteiger partial charge in [0.1, 0.15) is 17.3 Å². The maximum Gasteiger partial charge on any atom is 0.416 e. The largest absolute Gasteiger partial charge is 0.416 e. The number of carbonyl (C=O) groups is 2. The van der Waals surface area contributed by atoms with Crippen molar-refractivity contribution < 1.29 is 27.7 Å². The second kappa shape index (κ2) is 7.70. The lowest BCUT2D eigenvalue weighted by Crippen LogP contribution is -2.11. The fourth-order valence-corrected chi connectivity index (χ4v) is 1.79. The van der Waals surface area contributed by atoms with Crippen molar-refractivity contribution in [2.45, 2.75) is 32.4 Å². The average Bonchev–Trinajstić information content (AvgIpc) is 2.44. The van der Waals surface area contributed by atoms with E-state index in [0.717, 1.165) is 12.1 Å². The zero-order valence-corrected chi connectivity index (χ0v) is 12.3. The Labute approximate surface area is 129 Å². The molecule has 0 amide bonds. The molecule has 0 bridgehead atoms. The summed E-state index contributed by atoms with van der Waals surface area (Å²) in [7, 11) is 0. The van der Waals surface area contributed by atoms with Crippen LogP contribution in [0, 0.1) is 10.1 Å². The predicted octanol–water partition coefficient (Wildman–Crippen LogP) is 3.35. The monoisotopic (exact) mass is 332 g/mol. The average molecular weight is 332 g/mol. The molecule has 0 aliphatic heterocycles. The van der Waals surface area contributed by atoms with Crippen LogP contribution in [0.3, 0.4) is 0 Å². The van der Waals surface area contributed by atoms with Crippen molar-refractivity contribution in [2.75, 3.05) is 11.9 Å². The van der Waals surface area contributed by atoms with Gasteiger partial charge in [0.25, 0.3) is 5.69 Å². The summed E-state index contributed by atoms with van der Waals surface area (Å²) in [4.78, 5) is 32.2. The number of nitrogens with zero attached hydrogens (tertiary/aromatic N) is 1. The van der Waals surface area contributed by atoms with E-state index in [9.17, 15) is 32.9 Å². The first-order valence-corrected chi connectivity index (χ1v) is 6.72. The van der Waals surface area contributed by atoms with E-state index in [1.165, 1.54) is 6.92 Å². The molecule has 0 spiro atoms. The molecule has 0 atom stereocenters. The summed E-state index contributed by atoms with van der Waals surface area (Å²) in [5, 5.41) is 13.4. The highest BCUT2D eigenvalue weighted by Crippen LogP contribution is 2.34. The van der Waals surface area contributed by atoms with Gasteiger partial charge in [-0.2, -0.15) is 13.2 Å². The van der Waals surface area contributed by atoms with Crippen molar-refractivity contribution in [3.8, 4) is 0 Å². The molecule has 0 aliphatic carbocycles. The van der Waals surface area contributed by atoms with E-state index in [2.05, 4.69) is 5.32 Å². The van der Waals surface area contributed by atoms with Crippen LogP contribution in [0.4, 0.5) is 24.5 Å². The number of alkyl halides is 3. The van der Waals surface area contributed by atoms with Gasteiger partial charge in [0.05, 0.1) is 10.5 Å². The van der Waals surface area contributed by atoms with Crippen molar-refractivity contribution in [1.29, 1.82) is 0 Å². The van der Waals surface area contributed by atoms with E-state index in [1.807, 2.05) is 0 Å². The molecule has 9 heteroatoms. The topological polar surface area (TPSA) is 89.3 Å². The highest BCUT2D eigenvalue weighted by molar-refractivity contribution is 5.85. The second-order valence-corrected chi connectivity index (χ2v) is 4.90. The highest BCUT2D eigenvalue weighted by atomic mass is 19.4. The number of rotatable bonds is 8. The van der Waals surface area contributed by atoms with Gasteiger partial charge >= 0.3 is 6.18 Å². The summed E-state index contributed by atoms with van der Waals surface area (Å²) in [6, 6.07) is 2.13. The smallest absolute Gasteiger partial charge is 0.379 e. The van der Waals surface area contributed by atoms with Gasteiger partial charge in [-0.05, 0) is 19.1 Å². The van der Waals surface area contributed by atoms with Gasteiger partial charge in [-0.1, -0.05) is 0 Å². The lowest BCUT2D eigenvalue weighted by Gasteiger charge is -2.10. The molecule has 0 saturated heterocycles. The first-order chi connectivity index (χ1) is 10.6. The maximum absolute atomic E-state index is 12.6. The van der Waals surface area contributed by atoms with E-state index in [0.29, 0.717) is 6.07 Å². The molecule has 0 fully saturated rings. The Morgan fingerprint density at radius 3 is 2.39 bits per heavy atom. The molecular formula is C14H15F3N2O4. The second-order valence-electron chi connectivity index (χ2n) is 4.90. The molecule has 1 aromatic rings. The van der Waals surface area contributed by atoms with Crippen LogP contribution in [0.2, 0.25) is 0 Å². The molecule has 1 rings (SSSR count). The van der Waals surface area contributed by atoms with Gasteiger partial charge in [-0.3, -0.25) is 14.9 Å². The van der Waals surface area contributed by atoms with Crippen molar-refractivity contribution in [2.24, 2.45) is 0 Å². The Morgan fingerprint density at radius 1 is 1.22 bits per heavy atom. The minimum atomic E-state index is -4.67. The van der Waals surface area contributed by atoms with E-state index < -0.39 is 22.4 Å². The minimum Gasteiger partial charge on any atom is -0.379 e. The normalized spacial score (nSPS) is 11.1. The third kappa shape index (κ3) is 6.05. The number of carbonyl (C=O) groups excluding carboxylic acids is 2. The van der Waals surface area contributed by atoms with Gasteiger partial charge < -0.3 is 10.1 Å². The standard InChI is InChI=1S/C14H15F3N2O4/c1-9(20)2-4-11(21)6-7-18-12-5-3-10(14(15,16)17)8-13(12)19(22)23/h3,5,8,18H,2,4,6-7H2,1H3. The fraction of sp³-hybridized carbons (Fsp3) is 0.429. The van der Waals surface area contributed by atoms with Crippen molar-refractivity contribution in [3.63, 3.8) is 0 Å². The summed E-state index contributed by atoms with van der Waals surface area (Å²) in [5.74, 6) is -0.327. The van der Waals surface area contributed by atoms with Crippen LogP contribution in [-0.2, 0) is 15.8 Å². The summed E-state index contributed by atoms with van der Waals surface area (Å²) in [6.45, 7) is 1.39. The van der Waals surface area contributed by atoms with Crippen molar-refractivity contribution in [1.82, 2.24) is 0 Å². The van der Waals surface area contributed by atoms with Gasteiger partial charge in [-0.15, -0.1) is 0 Å². The molecule has 0 unspecified atom stereocenters. The molecule has 0 heterocycles. The van der Waals surface area contributed by atoms with Crippen LogP contribution in [0.5, 0.6) is 0 Å². The number of nitrogens with one attached hydrogen (secondary N) is 1. The fourth-order valence-electron chi connectivity index (χ4n) is 1.79. The SMILES string of the molecule is CC(=O)CCC(=O)CCNc1ccc(C(F)(F)F)cc1[N+](=O)[O-]. The molecule has 0 aromatic heterocycles. The predicted molar refractivity (Wildman–Crippen MR) is 76.1 cm³/mol. The van der Waals surface area contributed by atoms with E-state index in [1.54, 1.807) is 0 Å². The molecule has 0 saturated carbocycles. The Balaban J connectivity index is 2.71. The van der Waals surface area contributed by atoms with Crippen LogP contribution in [0.15, 0.2) is 18.2 Å². The zero-order chi connectivity index (χ0) is 17.6. The number of hydrogen-bond donors (Lipinski definition) is 1. The summed E-state index contributed by atoms with van der Waals surface area (Å²) in [5.41, 5.74) is -1.93. The number of benzene rings is 1. The minimum absolute atomic E-state index is 0.0193. The Hall–Kier alpha value is -2.45. The summed E-state index contributed by atoms with van der Waals surface area (Å²) in [6.07, 6.45) is -4.46. The van der Waals surface area contributed by atoms with Crippen molar-refractivity contribution >= 4 is 22.9 Å². The number of nitro benzene ring substituents is 1. The molecular weight excluding hydrogens is 317 g/mol. The molecule has 0 aliphatic rings. The molecule has 6 nitrogen and oxygen atoms in total. The number of Topliss-reactive ketones (excluding diaryl/α,β-unsaturated/α-hetero) is 2. The Morgan fingerprint density at radius 2 is 1.87 bits per heavy atom. The zero-order valence-electron chi connectivity index (χ0n) is 12.3. The van der Waals surface area contributed by atoms with Crippen LogP contribution >= 0.6 is 0 Å². The highest BCUT2D eigenvalue weighted by Gasteiger charge is 2.32.